The summed E-state index contributed by atoms with van der Waals surface area (Å²) in [5.74, 6) is -0.00349. The second-order valence-corrected chi connectivity index (χ2v) is 9.11. The summed E-state index contributed by atoms with van der Waals surface area (Å²) < 4.78 is 43.4. The Balaban J connectivity index is 1.44. The Hall–Kier alpha value is -4.39. The van der Waals surface area contributed by atoms with Gasteiger partial charge in [0.2, 0.25) is 0 Å². The van der Waals surface area contributed by atoms with E-state index in [1.807, 2.05) is 29.0 Å². The van der Waals surface area contributed by atoms with Gasteiger partial charge in [-0.25, -0.2) is 9.67 Å². The summed E-state index contributed by atoms with van der Waals surface area (Å²) in [6, 6.07) is 15.9. The van der Waals surface area contributed by atoms with Crippen LogP contribution in [-0.4, -0.2) is 25.2 Å². The van der Waals surface area contributed by atoms with Gasteiger partial charge in [-0.1, -0.05) is 31.0 Å². The molecule has 0 saturated heterocycles. The number of amides is 1. The first-order valence-electron chi connectivity index (χ1n) is 11.9. The molecule has 4 aromatic rings. The Labute approximate surface area is 211 Å². The van der Waals surface area contributed by atoms with E-state index in [-0.39, 0.29) is 23.0 Å². The summed E-state index contributed by atoms with van der Waals surface area (Å²) in [5, 5.41) is 15.5. The van der Waals surface area contributed by atoms with Gasteiger partial charge in [-0.3, -0.25) is 4.79 Å². The maximum atomic E-state index is 13.5. The molecule has 1 amide bonds. The van der Waals surface area contributed by atoms with Crippen molar-refractivity contribution in [3.05, 3.63) is 95.8 Å². The second kappa shape index (κ2) is 9.93. The van der Waals surface area contributed by atoms with Gasteiger partial charge in [0.1, 0.15) is 5.69 Å². The van der Waals surface area contributed by atoms with Gasteiger partial charge in [-0.05, 0) is 54.7 Å². The van der Waals surface area contributed by atoms with Crippen molar-refractivity contribution < 1.29 is 18.0 Å². The van der Waals surface area contributed by atoms with Crippen LogP contribution >= 0.6 is 0 Å². The predicted octanol–water partition coefficient (Wildman–Crippen LogP) is 5.99. The third-order valence-electron chi connectivity index (χ3n) is 6.41. The zero-order valence-corrected chi connectivity index (χ0v) is 19.7. The lowest BCUT2D eigenvalue weighted by molar-refractivity contribution is -0.141. The summed E-state index contributed by atoms with van der Waals surface area (Å²) in [4.78, 5) is 17.4. The molecule has 37 heavy (non-hydrogen) atoms. The van der Waals surface area contributed by atoms with Gasteiger partial charge in [-0.2, -0.15) is 23.5 Å². The maximum Gasteiger partial charge on any atom is 0.435 e. The summed E-state index contributed by atoms with van der Waals surface area (Å²) in [6.45, 7) is 0. The van der Waals surface area contributed by atoms with Crippen molar-refractivity contribution >= 4 is 11.6 Å². The molecule has 2 heterocycles. The maximum absolute atomic E-state index is 13.5. The Morgan fingerprint density at radius 1 is 1.16 bits per heavy atom. The van der Waals surface area contributed by atoms with Crippen LogP contribution in [0.25, 0.3) is 5.69 Å². The van der Waals surface area contributed by atoms with E-state index in [9.17, 15) is 23.2 Å². The molecule has 0 aliphatic heterocycles. The average Bonchev–Trinajstić information content (AvgIpc) is 3.35. The first-order chi connectivity index (χ1) is 17.8. The Kier molecular flexibility index (Phi) is 6.53. The van der Waals surface area contributed by atoms with E-state index in [4.69, 9.17) is 0 Å². The summed E-state index contributed by atoms with van der Waals surface area (Å²) in [7, 11) is 0. The fraction of sp³-hybridized carbons (Fsp3) is 0.259. The van der Waals surface area contributed by atoms with Crippen molar-refractivity contribution in [2.45, 2.75) is 37.9 Å². The lowest BCUT2D eigenvalue weighted by Gasteiger charge is -2.20. The molecule has 1 saturated carbocycles. The molecular formula is C27H23F3N6O. The number of hydrogen-bond donors (Lipinski definition) is 1. The van der Waals surface area contributed by atoms with E-state index in [1.165, 1.54) is 37.1 Å². The standard InChI is InChI=1S/C27H23F3N6O/c28-27(29,30)25-15-24(36(34-25)22-6-1-3-19(13-22)16-31)26(37)33-21-5-2-4-20(14-21)23(10-9-18-7-8-18)35-12-11-32-17-35/h1-6,11-15,17-18,23H,7-10H2,(H,33,37). The van der Waals surface area contributed by atoms with Gasteiger partial charge in [0.25, 0.3) is 5.91 Å². The number of carbonyl (C=O) groups is 1. The number of nitrogens with zero attached hydrogens (tertiary/aromatic N) is 5. The quantitative estimate of drug-likeness (QED) is 0.319. The highest BCUT2D eigenvalue weighted by Crippen LogP contribution is 2.37. The zero-order chi connectivity index (χ0) is 26.0. The van der Waals surface area contributed by atoms with Crippen molar-refractivity contribution in [1.29, 1.82) is 5.26 Å². The molecule has 1 fully saturated rings. The SMILES string of the molecule is N#Cc1cccc(-n2nc(C(F)(F)F)cc2C(=O)Nc2cccc(C(CCC3CC3)n3ccnc3)c2)c1. The minimum atomic E-state index is -4.74. The molecule has 2 aromatic carbocycles. The van der Waals surface area contributed by atoms with E-state index < -0.39 is 17.8 Å². The number of imidazole rings is 1. The Morgan fingerprint density at radius 3 is 2.68 bits per heavy atom. The highest BCUT2D eigenvalue weighted by molar-refractivity contribution is 6.03. The van der Waals surface area contributed by atoms with Crippen LogP contribution < -0.4 is 5.32 Å². The van der Waals surface area contributed by atoms with Crippen LogP contribution in [0.2, 0.25) is 0 Å². The van der Waals surface area contributed by atoms with Crippen molar-refractivity contribution in [2.24, 2.45) is 5.92 Å². The third-order valence-corrected chi connectivity index (χ3v) is 6.41. The minimum absolute atomic E-state index is 0.0241. The number of halogens is 3. The smallest absolute Gasteiger partial charge is 0.330 e. The number of aromatic nitrogens is 4. The van der Waals surface area contributed by atoms with Crippen LogP contribution in [0, 0.1) is 17.2 Å². The van der Waals surface area contributed by atoms with Gasteiger partial charge in [0.05, 0.1) is 29.7 Å². The highest BCUT2D eigenvalue weighted by Gasteiger charge is 2.36. The Morgan fingerprint density at radius 2 is 1.97 bits per heavy atom. The monoisotopic (exact) mass is 504 g/mol. The molecule has 10 heteroatoms. The first kappa shape index (κ1) is 24.3. The minimum Gasteiger partial charge on any atom is -0.330 e. The second-order valence-electron chi connectivity index (χ2n) is 9.11. The fourth-order valence-corrected chi connectivity index (χ4v) is 4.35. The number of benzene rings is 2. The molecular weight excluding hydrogens is 481 g/mol. The number of carbonyl (C=O) groups excluding carboxylic acids is 1. The van der Waals surface area contributed by atoms with Crippen LogP contribution in [0.3, 0.4) is 0 Å². The molecule has 0 spiro atoms. The average molecular weight is 505 g/mol. The summed E-state index contributed by atoms with van der Waals surface area (Å²) in [6.07, 6.45) is 5.12. The number of hydrogen-bond acceptors (Lipinski definition) is 4. The predicted molar refractivity (Wildman–Crippen MR) is 130 cm³/mol. The van der Waals surface area contributed by atoms with Gasteiger partial charge in [-0.15, -0.1) is 0 Å². The molecule has 5 rings (SSSR count). The van der Waals surface area contributed by atoms with E-state index in [0.717, 1.165) is 29.0 Å². The molecule has 0 bridgehead atoms. The number of rotatable bonds is 8. The molecule has 1 aliphatic carbocycles. The van der Waals surface area contributed by atoms with E-state index >= 15 is 0 Å². The van der Waals surface area contributed by atoms with Gasteiger partial charge in [0.15, 0.2) is 5.69 Å². The van der Waals surface area contributed by atoms with Gasteiger partial charge < -0.3 is 9.88 Å². The number of nitriles is 1. The zero-order valence-electron chi connectivity index (χ0n) is 19.7. The van der Waals surface area contributed by atoms with Gasteiger partial charge >= 0.3 is 6.18 Å². The Bertz CT molecular complexity index is 1450. The largest absolute Gasteiger partial charge is 0.435 e. The molecule has 0 radical (unpaired) electrons. The molecule has 1 aliphatic rings. The molecule has 1 N–H and O–H groups in total. The number of anilines is 1. The lowest BCUT2D eigenvalue weighted by Crippen LogP contribution is -2.17. The van der Waals surface area contributed by atoms with Crippen molar-refractivity contribution in [2.75, 3.05) is 5.32 Å². The van der Waals surface area contributed by atoms with E-state index in [2.05, 4.69) is 15.4 Å². The van der Waals surface area contributed by atoms with Crippen molar-refractivity contribution in [3.8, 4) is 11.8 Å². The molecule has 7 nitrogen and oxygen atoms in total. The van der Waals surface area contributed by atoms with Gasteiger partial charge in [0, 0.05) is 24.1 Å². The molecule has 188 valence electrons. The van der Waals surface area contributed by atoms with Crippen LogP contribution in [0.4, 0.5) is 18.9 Å². The fourth-order valence-electron chi connectivity index (χ4n) is 4.35. The van der Waals surface area contributed by atoms with Crippen LogP contribution in [0.15, 0.2) is 73.3 Å². The summed E-state index contributed by atoms with van der Waals surface area (Å²) >= 11 is 0. The molecule has 2 aromatic heterocycles. The molecule has 1 atom stereocenters. The first-order valence-corrected chi connectivity index (χ1v) is 11.9. The van der Waals surface area contributed by atoms with Crippen LogP contribution in [0.5, 0.6) is 0 Å². The summed E-state index contributed by atoms with van der Waals surface area (Å²) in [5.41, 5.74) is 0.321. The number of nitrogens with one attached hydrogen (secondary N) is 1. The van der Waals surface area contributed by atoms with Crippen molar-refractivity contribution in [1.82, 2.24) is 19.3 Å². The number of alkyl halides is 3. The highest BCUT2D eigenvalue weighted by atomic mass is 19.4. The normalized spacial score (nSPS) is 14.2. The third kappa shape index (κ3) is 5.56. The topological polar surface area (TPSA) is 88.5 Å². The van der Waals surface area contributed by atoms with Crippen molar-refractivity contribution in [3.63, 3.8) is 0 Å². The lowest BCUT2D eigenvalue weighted by atomic mass is 9.99. The van der Waals surface area contributed by atoms with Crippen LogP contribution in [-0.2, 0) is 6.18 Å². The van der Waals surface area contributed by atoms with Crippen LogP contribution in [0.1, 0.15) is 59.0 Å². The van der Waals surface area contributed by atoms with E-state index in [0.29, 0.717) is 11.8 Å². The van der Waals surface area contributed by atoms with E-state index in [1.54, 1.807) is 24.7 Å². The molecule has 1 unspecified atom stereocenters.